The van der Waals surface area contributed by atoms with E-state index in [4.69, 9.17) is 4.74 Å². The maximum Gasteiger partial charge on any atom is 0.310 e. The zero-order valence-electron chi connectivity index (χ0n) is 13.0. The Morgan fingerprint density at radius 1 is 1.21 bits per heavy atom. The molecule has 0 aliphatic rings. The highest BCUT2D eigenvalue weighted by Gasteiger charge is 2.16. The lowest BCUT2D eigenvalue weighted by Crippen LogP contribution is -2.18. The first kappa shape index (κ1) is 15.9. The summed E-state index contributed by atoms with van der Waals surface area (Å²) in [7, 11) is 0. The van der Waals surface area contributed by atoms with Crippen LogP contribution in [0.1, 0.15) is 24.4 Å². The number of nitrogens with one attached hydrogen (secondary N) is 1. The molecule has 1 N–H and O–H groups in total. The zero-order valence-corrected chi connectivity index (χ0v) is 13.0. The molecule has 0 saturated carbocycles. The van der Waals surface area contributed by atoms with Crippen LogP contribution in [0.3, 0.4) is 0 Å². The molecule has 1 aromatic heterocycles. The number of rotatable bonds is 4. The molecule has 3 rings (SSSR count). The van der Waals surface area contributed by atoms with Crippen molar-refractivity contribution in [3.63, 3.8) is 0 Å². The second-order valence-corrected chi connectivity index (χ2v) is 5.40. The number of hydrogen-bond donors (Lipinski definition) is 1. The van der Waals surface area contributed by atoms with Gasteiger partial charge in [-0.1, -0.05) is 24.3 Å². The van der Waals surface area contributed by atoms with E-state index in [-0.39, 0.29) is 23.6 Å². The molecule has 24 heavy (non-hydrogen) atoms. The highest BCUT2D eigenvalue weighted by Crippen LogP contribution is 2.15. The van der Waals surface area contributed by atoms with Crippen molar-refractivity contribution in [2.24, 2.45) is 0 Å². The molecular formula is C18H15FN2O3. The molecule has 0 aliphatic carbocycles. The lowest BCUT2D eigenvalue weighted by Gasteiger charge is -2.13. The number of aromatic amines is 1. The summed E-state index contributed by atoms with van der Waals surface area (Å²) in [6.45, 7) is 1.63. The van der Waals surface area contributed by atoms with Crippen LogP contribution >= 0.6 is 0 Å². The SMILES string of the molecule is C[C@@H](OC(=O)Cc1ccc(F)cc1)c1nc2ccccc2c(=O)[nH]1. The van der Waals surface area contributed by atoms with Gasteiger partial charge in [0.25, 0.3) is 5.56 Å². The molecule has 1 atom stereocenters. The fraction of sp³-hybridized carbons (Fsp3) is 0.167. The van der Waals surface area contributed by atoms with Crippen molar-refractivity contribution in [3.8, 4) is 0 Å². The van der Waals surface area contributed by atoms with E-state index in [9.17, 15) is 14.0 Å². The number of nitrogens with zero attached hydrogens (tertiary/aromatic N) is 1. The third-order valence-electron chi connectivity index (χ3n) is 3.59. The normalized spacial score (nSPS) is 12.1. The Hall–Kier alpha value is -3.02. The van der Waals surface area contributed by atoms with Crippen molar-refractivity contribution in [3.05, 3.63) is 76.1 Å². The molecule has 0 spiro atoms. The predicted molar refractivity (Wildman–Crippen MR) is 87.0 cm³/mol. The van der Waals surface area contributed by atoms with Gasteiger partial charge in [-0.3, -0.25) is 9.59 Å². The topological polar surface area (TPSA) is 72.0 Å². The van der Waals surface area contributed by atoms with E-state index < -0.39 is 12.1 Å². The number of halogens is 1. The van der Waals surface area contributed by atoms with Gasteiger partial charge >= 0.3 is 5.97 Å². The first-order chi connectivity index (χ1) is 11.5. The predicted octanol–water partition coefficient (Wildman–Crippen LogP) is 2.91. The largest absolute Gasteiger partial charge is 0.454 e. The lowest BCUT2D eigenvalue weighted by molar-refractivity contribution is -0.148. The standard InChI is InChI=1S/C18H15FN2O3/c1-11(24-16(22)10-12-6-8-13(19)9-7-12)17-20-15-5-3-2-4-14(15)18(23)21-17/h2-9,11H,10H2,1H3,(H,20,21,23)/t11-/m1/s1. The third-order valence-corrected chi connectivity index (χ3v) is 3.59. The van der Waals surface area contributed by atoms with Crippen molar-refractivity contribution in [1.82, 2.24) is 9.97 Å². The summed E-state index contributed by atoms with van der Waals surface area (Å²) in [4.78, 5) is 31.0. The molecule has 0 bridgehead atoms. The van der Waals surface area contributed by atoms with E-state index in [1.165, 1.54) is 24.3 Å². The minimum atomic E-state index is -0.699. The second-order valence-electron chi connectivity index (χ2n) is 5.40. The fourth-order valence-corrected chi connectivity index (χ4v) is 2.36. The average Bonchev–Trinajstić information content (AvgIpc) is 2.57. The van der Waals surface area contributed by atoms with E-state index >= 15 is 0 Å². The van der Waals surface area contributed by atoms with Gasteiger partial charge in [0.2, 0.25) is 0 Å². The second kappa shape index (κ2) is 6.62. The summed E-state index contributed by atoms with van der Waals surface area (Å²) < 4.78 is 18.2. The van der Waals surface area contributed by atoms with Gasteiger partial charge in [0, 0.05) is 0 Å². The number of hydrogen-bond acceptors (Lipinski definition) is 4. The van der Waals surface area contributed by atoms with Crippen LogP contribution in [0.5, 0.6) is 0 Å². The quantitative estimate of drug-likeness (QED) is 0.748. The molecular weight excluding hydrogens is 311 g/mol. The van der Waals surface area contributed by atoms with Crippen molar-refractivity contribution in [2.75, 3.05) is 0 Å². The van der Waals surface area contributed by atoms with Gasteiger partial charge in [-0.25, -0.2) is 9.37 Å². The summed E-state index contributed by atoms with van der Waals surface area (Å²) in [5, 5.41) is 0.478. The lowest BCUT2D eigenvalue weighted by atomic mass is 10.1. The Labute approximate surface area is 137 Å². The Morgan fingerprint density at radius 3 is 2.67 bits per heavy atom. The molecule has 0 saturated heterocycles. The maximum atomic E-state index is 12.9. The number of ether oxygens (including phenoxy) is 1. The zero-order chi connectivity index (χ0) is 17.1. The van der Waals surface area contributed by atoms with Gasteiger partial charge in [-0.05, 0) is 36.8 Å². The smallest absolute Gasteiger partial charge is 0.310 e. The number of benzene rings is 2. The van der Waals surface area contributed by atoms with E-state index in [1.54, 1.807) is 31.2 Å². The Kier molecular flexibility index (Phi) is 4.37. The number of para-hydroxylation sites is 1. The van der Waals surface area contributed by atoms with Crippen LogP contribution in [0.25, 0.3) is 10.9 Å². The van der Waals surface area contributed by atoms with Crippen LogP contribution in [-0.2, 0) is 16.0 Å². The van der Waals surface area contributed by atoms with Crippen molar-refractivity contribution < 1.29 is 13.9 Å². The van der Waals surface area contributed by atoms with Crippen LogP contribution in [-0.4, -0.2) is 15.9 Å². The number of fused-ring (bicyclic) bond motifs is 1. The Bertz CT molecular complexity index is 935. The van der Waals surface area contributed by atoms with E-state index in [0.717, 1.165) is 0 Å². The van der Waals surface area contributed by atoms with Crippen molar-refractivity contribution in [1.29, 1.82) is 0 Å². The highest BCUT2D eigenvalue weighted by atomic mass is 19.1. The molecule has 0 fully saturated rings. The van der Waals surface area contributed by atoms with Gasteiger partial charge in [-0.2, -0.15) is 0 Å². The van der Waals surface area contributed by atoms with Gasteiger partial charge in [0.05, 0.1) is 17.3 Å². The molecule has 122 valence electrons. The minimum absolute atomic E-state index is 0.0163. The highest BCUT2D eigenvalue weighted by molar-refractivity contribution is 5.77. The fourth-order valence-electron chi connectivity index (χ4n) is 2.36. The number of esters is 1. The van der Waals surface area contributed by atoms with Gasteiger partial charge < -0.3 is 9.72 Å². The Morgan fingerprint density at radius 2 is 1.92 bits per heavy atom. The summed E-state index contributed by atoms with van der Waals surface area (Å²) >= 11 is 0. The first-order valence-corrected chi connectivity index (χ1v) is 7.46. The average molecular weight is 326 g/mol. The Balaban J connectivity index is 1.74. The monoisotopic (exact) mass is 326 g/mol. The maximum absolute atomic E-state index is 12.9. The number of H-pyrrole nitrogens is 1. The summed E-state index contributed by atoms with van der Waals surface area (Å²) in [6.07, 6.45) is -0.683. The van der Waals surface area contributed by atoms with Crippen molar-refractivity contribution in [2.45, 2.75) is 19.4 Å². The number of carbonyl (C=O) groups excluding carboxylic acids is 1. The van der Waals surface area contributed by atoms with Gasteiger partial charge in [0.1, 0.15) is 5.82 Å². The first-order valence-electron chi connectivity index (χ1n) is 7.46. The van der Waals surface area contributed by atoms with Gasteiger partial charge in [0.15, 0.2) is 11.9 Å². The van der Waals surface area contributed by atoms with E-state index in [0.29, 0.717) is 16.5 Å². The van der Waals surface area contributed by atoms with Crippen LogP contribution in [0.2, 0.25) is 0 Å². The molecule has 0 unspecified atom stereocenters. The summed E-state index contributed by atoms with van der Waals surface area (Å²) in [5.41, 5.74) is 0.906. The van der Waals surface area contributed by atoms with Crippen LogP contribution < -0.4 is 5.56 Å². The summed E-state index contributed by atoms with van der Waals surface area (Å²) in [6, 6.07) is 12.6. The number of aromatic nitrogens is 2. The van der Waals surface area contributed by atoms with E-state index in [1.807, 2.05) is 0 Å². The summed E-state index contributed by atoms with van der Waals surface area (Å²) in [5.74, 6) is -0.561. The van der Waals surface area contributed by atoms with Gasteiger partial charge in [-0.15, -0.1) is 0 Å². The molecule has 1 heterocycles. The molecule has 0 aliphatic heterocycles. The molecule has 5 nitrogen and oxygen atoms in total. The third kappa shape index (κ3) is 3.48. The van der Waals surface area contributed by atoms with Crippen molar-refractivity contribution >= 4 is 16.9 Å². The van der Waals surface area contributed by atoms with Crippen LogP contribution in [0.4, 0.5) is 4.39 Å². The molecule has 3 aromatic rings. The molecule has 6 heteroatoms. The molecule has 0 amide bonds. The van der Waals surface area contributed by atoms with Crippen LogP contribution in [0, 0.1) is 5.82 Å². The number of carbonyl (C=O) groups is 1. The van der Waals surface area contributed by atoms with Crippen LogP contribution in [0.15, 0.2) is 53.3 Å². The van der Waals surface area contributed by atoms with E-state index in [2.05, 4.69) is 9.97 Å². The minimum Gasteiger partial charge on any atom is -0.454 e. The molecule has 2 aromatic carbocycles. The molecule has 0 radical (unpaired) electrons.